The van der Waals surface area contributed by atoms with Crippen LogP contribution in [0, 0.1) is 0 Å². The summed E-state index contributed by atoms with van der Waals surface area (Å²) in [6.07, 6.45) is 0.638. The summed E-state index contributed by atoms with van der Waals surface area (Å²) >= 11 is 0. The molecular formula is C32H30N2O5. The molecule has 0 spiro atoms. The van der Waals surface area contributed by atoms with Gasteiger partial charge in [-0.05, 0) is 41.8 Å². The summed E-state index contributed by atoms with van der Waals surface area (Å²) in [6.45, 7) is -0.0932. The highest BCUT2D eigenvalue weighted by atomic mass is 16.5. The number of carbonyl (C=O) groups excluding carboxylic acids is 3. The molecule has 0 fully saturated rings. The van der Waals surface area contributed by atoms with Gasteiger partial charge in [-0.3, -0.25) is 9.59 Å². The average Bonchev–Trinajstić information content (AvgIpc) is 2.97. The molecule has 2 amide bonds. The molecule has 0 bridgehead atoms. The number of nitrogens with one attached hydrogen (secondary N) is 2. The van der Waals surface area contributed by atoms with Gasteiger partial charge in [-0.1, -0.05) is 91.0 Å². The Labute approximate surface area is 227 Å². The molecule has 39 heavy (non-hydrogen) atoms. The van der Waals surface area contributed by atoms with Gasteiger partial charge in [0.1, 0.15) is 18.4 Å². The average molecular weight is 523 g/mol. The largest absolute Gasteiger partial charge is 0.507 e. The molecule has 198 valence electrons. The molecule has 4 rings (SSSR count). The highest BCUT2D eigenvalue weighted by Crippen LogP contribution is 2.16. The lowest BCUT2D eigenvalue weighted by atomic mass is 10.0. The molecule has 0 aromatic heterocycles. The van der Waals surface area contributed by atoms with Crippen LogP contribution in [0.2, 0.25) is 0 Å². The van der Waals surface area contributed by atoms with Crippen LogP contribution in [-0.4, -0.2) is 41.6 Å². The maximum atomic E-state index is 13.3. The molecule has 3 N–H and O–H groups in total. The molecule has 0 aliphatic rings. The van der Waals surface area contributed by atoms with Crippen molar-refractivity contribution in [1.82, 2.24) is 10.6 Å². The Balaban J connectivity index is 1.49. The van der Waals surface area contributed by atoms with Crippen molar-refractivity contribution in [1.29, 1.82) is 0 Å². The molecule has 0 saturated heterocycles. The second-order valence-electron chi connectivity index (χ2n) is 9.09. The summed E-state index contributed by atoms with van der Waals surface area (Å²) in [5, 5.41) is 15.8. The van der Waals surface area contributed by atoms with Gasteiger partial charge in [-0.2, -0.15) is 0 Å². The van der Waals surface area contributed by atoms with Crippen LogP contribution >= 0.6 is 0 Å². The van der Waals surface area contributed by atoms with E-state index in [1.807, 2.05) is 66.7 Å². The van der Waals surface area contributed by atoms with Crippen LogP contribution in [0.4, 0.5) is 0 Å². The van der Waals surface area contributed by atoms with Gasteiger partial charge in [0.05, 0.1) is 11.6 Å². The number of aromatic hydroxyl groups is 1. The van der Waals surface area contributed by atoms with E-state index in [1.54, 1.807) is 36.4 Å². The molecule has 0 saturated carbocycles. The normalized spacial score (nSPS) is 12.1. The van der Waals surface area contributed by atoms with E-state index in [1.165, 1.54) is 12.1 Å². The Hall–Kier alpha value is -4.91. The first kappa shape index (κ1) is 27.1. The Morgan fingerprint density at radius 2 is 1.18 bits per heavy atom. The minimum absolute atomic E-state index is 0.0560. The number of phenolic OH excluding ortho intramolecular Hbond substituents is 1. The number of para-hydroxylation sites is 1. The van der Waals surface area contributed by atoms with Crippen molar-refractivity contribution in [3.8, 4) is 5.75 Å². The van der Waals surface area contributed by atoms with Crippen molar-refractivity contribution < 1.29 is 24.2 Å². The molecule has 0 heterocycles. The van der Waals surface area contributed by atoms with Crippen LogP contribution in [0.5, 0.6) is 5.75 Å². The minimum atomic E-state index is -1.01. The predicted octanol–water partition coefficient (Wildman–Crippen LogP) is 4.32. The maximum absolute atomic E-state index is 13.3. The second-order valence-corrected chi connectivity index (χ2v) is 9.09. The Kier molecular flexibility index (Phi) is 9.45. The van der Waals surface area contributed by atoms with Crippen LogP contribution in [0.15, 0.2) is 115 Å². The quantitative estimate of drug-likeness (QED) is 0.255. The third-order valence-electron chi connectivity index (χ3n) is 6.14. The van der Waals surface area contributed by atoms with Crippen LogP contribution in [0.1, 0.15) is 31.8 Å². The molecule has 0 unspecified atom stereocenters. The fourth-order valence-corrected chi connectivity index (χ4v) is 4.14. The van der Waals surface area contributed by atoms with Gasteiger partial charge in [0.15, 0.2) is 0 Å². The van der Waals surface area contributed by atoms with E-state index in [9.17, 15) is 19.5 Å². The first-order valence-corrected chi connectivity index (χ1v) is 12.7. The lowest BCUT2D eigenvalue weighted by molar-refractivity contribution is -0.146. The smallest absolute Gasteiger partial charge is 0.329 e. The van der Waals surface area contributed by atoms with E-state index >= 15 is 0 Å². The van der Waals surface area contributed by atoms with Crippen molar-refractivity contribution in [2.75, 3.05) is 6.61 Å². The monoisotopic (exact) mass is 522 g/mol. The number of esters is 1. The number of hydrogen-bond donors (Lipinski definition) is 3. The topological polar surface area (TPSA) is 105 Å². The first-order chi connectivity index (χ1) is 19.0. The second kappa shape index (κ2) is 13.6. The summed E-state index contributed by atoms with van der Waals surface area (Å²) < 4.78 is 5.68. The van der Waals surface area contributed by atoms with E-state index in [2.05, 4.69) is 10.6 Å². The highest BCUT2D eigenvalue weighted by molar-refractivity contribution is 5.99. The standard InChI is InChI=1S/C32H30N2O5/c35-29-19-11-10-18-27(29)31(37)34-28(21-24-14-6-2-7-15-24)32(38)39-22-26(20-23-12-4-1-5-13-23)33-30(36)25-16-8-3-9-17-25/h1-19,26,28,35H,20-22H2,(H,33,36)(H,34,37)/t26-,28-/m1/s1. The van der Waals surface area contributed by atoms with Gasteiger partial charge in [-0.25, -0.2) is 4.79 Å². The molecule has 0 aliphatic carbocycles. The van der Waals surface area contributed by atoms with E-state index in [0.29, 0.717) is 12.0 Å². The summed E-state index contributed by atoms with van der Waals surface area (Å²) in [5.74, 6) is -1.70. The highest BCUT2D eigenvalue weighted by Gasteiger charge is 2.26. The Morgan fingerprint density at radius 3 is 1.79 bits per heavy atom. The van der Waals surface area contributed by atoms with Crippen molar-refractivity contribution in [3.63, 3.8) is 0 Å². The summed E-state index contributed by atoms with van der Waals surface area (Å²) in [4.78, 5) is 39.1. The molecular weight excluding hydrogens is 492 g/mol. The van der Waals surface area contributed by atoms with Crippen LogP contribution < -0.4 is 10.6 Å². The number of benzene rings is 4. The van der Waals surface area contributed by atoms with Gasteiger partial charge in [0.25, 0.3) is 11.8 Å². The van der Waals surface area contributed by atoms with Crippen molar-refractivity contribution in [2.24, 2.45) is 0 Å². The summed E-state index contributed by atoms with van der Waals surface area (Å²) in [6, 6.07) is 32.3. The maximum Gasteiger partial charge on any atom is 0.329 e. The zero-order chi connectivity index (χ0) is 27.5. The summed E-state index contributed by atoms with van der Waals surface area (Å²) in [7, 11) is 0. The van der Waals surface area contributed by atoms with Gasteiger partial charge in [0.2, 0.25) is 0 Å². The molecule has 2 atom stereocenters. The molecule has 0 aliphatic heterocycles. The van der Waals surface area contributed by atoms with E-state index < -0.39 is 24.0 Å². The SMILES string of the molecule is O=C(N[C@@H](COC(=O)[C@@H](Cc1ccccc1)NC(=O)c1ccccc1O)Cc1ccccc1)c1ccccc1. The minimum Gasteiger partial charge on any atom is -0.507 e. The van der Waals surface area contributed by atoms with Gasteiger partial charge in [0, 0.05) is 12.0 Å². The van der Waals surface area contributed by atoms with Crippen LogP contribution in [0.3, 0.4) is 0 Å². The van der Waals surface area contributed by atoms with E-state index in [-0.39, 0.29) is 30.2 Å². The molecule has 0 radical (unpaired) electrons. The predicted molar refractivity (Wildman–Crippen MR) is 148 cm³/mol. The van der Waals surface area contributed by atoms with Crippen molar-refractivity contribution in [3.05, 3.63) is 138 Å². The summed E-state index contributed by atoms with van der Waals surface area (Å²) in [5.41, 5.74) is 2.36. The number of phenols is 1. The number of hydrogen-bond acceptors (Lipinski definition) is 5. The van der Waals surface area contributed by atoms with Gasteiger partial charge < -0.3 is 20.5 Å². The number of ether oxygens (including phenoxy) is 1. The lowest BCUT2D eigenvalue weighted by Gasteiger charge is -2.22. The van der Waals surface area contributed by atoms with Gasteiger partial charge >= 0.3 is 5.97 Å². The zero-order valence-corrected chi connectivity index (χ0v) is 21.3. The molecule has 4 aromatic carbocycles. The zero-order valence-electron chi connectivity index (χ0n) is 21.3. The molecule has 4 aromatic rings. The van der Waals surface area contributed by atoms with E-state index in [0.717, 1.165) is 11.1 Å². The number of carbonyl (C=O) groups is 3. The number of amides is 2. The van der Waals surface area contributed by atoms with Crippen molar-refractivity contribution >= 4 is 17.8 Å². The Bertz CT molecular complexity index is 1380. The molecule has 7 heteroatoms. The van der Waals surface area contributed by atoms with E-state index in [4.69, 9.17) is 4.74 Å². The fourth-order valence-electron chi connectivity index (χ4n) is 4.14. The lowest BCUT2D eigenvalue weighted by Crippen LogP contribution is -2.46. The van der Waals surface area contributed by atoms with Gasteiger partial charge in [-0.15, -0.1) is 0 Å². The molecule has 7 nitrogen and oxygen atoms in total. The third kappa shape index (κ3) is 8.04. The Morgan fingerprint density at radius 1 is 0.641 bits per heavy atom. The first-order valence-electron chi connectivity index (χ1n) is 12.7. The third-order valence-corrected chi connectivity index (χ3v) is 6.14. The van der Waals surface area contributed by atoms with Crippen LogP contribution in [0.25, 0.3) is 0 Å². The fraction of sp³-hybridized carbons (Fsp3) is 0.156. The van der Waals surface area contributed by atoms with Crippen molar-refractivity contribution in [2.45, 2.75) is 24.9 Å². The van der Waals surface area contributed by atoms with Crippen LogP contribution in [-0.2, 0) is 22.4 Å². The number of rotatable bonds is 11.